The van der Waals surface area contributed by atoms with Gasteiger partial charge in [-0.25, -0.2) is 4.98 Å². The first-order valence-corrected chi connectivity index (χ1v) is 7.84. The lowest BCUT2D eigenvalue weighted by Gasteiger charge is -2.01. The molecule has 3 aromatic rings. The number of carbonyl (C=O) groups excluding carboxylic acids is 1. The van der Waals surface area contributed by atoms with Crippen LogP contribution >= 0.6 is 27.3 Å². The molecule has 0 bridgehead atoms. The molecular weight excluding hydrogens is 338 g/mol. The van der Waals surface area contributed by atoms with E-state index in [2.05, 4.69) is 26.2 Å². The van der Waals surface area contributed by atoms with E-state index < -0.39 is 0 Å². The maximum atomic E-state index is 11.8. The molecule has 0 spiro atoms. The van der Waals surface area contributed by atoms with Crippen LogP contribution in [0.3, 0.4) is 0 Å². The molecule has 1 N–H and O–H groups in total. The maximum Gasteiger partial charge on any atom is 0.261 e. The molecule has 0 fully saturated rings. The molecule has 0 unspecified atom stereocenters. The Kier molecular flexibility index (Phi) is 3.84. The normalized spacial score (nSPS) is 10.8. The molecule has 0 radical (unpaired) electrons. The number of pyridine rings is 1. The summed E-state index contributed by atoms with van der Waals surface area (Å²) in [6, 6.07) is 7.62. The number of carbonyl (C=O) groups is 1. The first-order chi connectivity index (χ1) is 9.72. The van der Waals surface area contributed by atoms with Crippen molar-refractivity contribution in [1.29, 1.82) is 0 Å². The number of amides is 1. The summed E-state index contributed by atoms with van der Waals surface area (Å²) in [5.41, 5.74) is 1.88. The van der Waals surface area contributed by atoms with E-state index in [4.69, 9.17) is 0 Å². The molecule has 3 heterocycles. The predicted octanol–water partition coefficient (Wildman–Crippen LogP) is 3.13. The van der Waals surface area contributed by atoms with Crippen LogP contribution in [0.1, 0.15) is 15.4 Å². The molecule has 3 rings (SSSR count). The van der Waals surface area contributed by atoms with E-state index in [9.17, 15) is 4.79 Å². The Morgan fingerprint density at radius 2 is 2.25 bits per heavy atom. The summed E-state index contributed by atoms with van der Waals surface area (Å²) in [5, 5.41) is 4.80. The van der Waals surface area contributed by atoms with Crippen molar-refractivity contribution < 1.29 is 4.79 Å². The van der Waals surface area contributed by atoms with E-state index in [1.54, 1.807) is 0 Å². The van der Waals surface area contributed by atoms with Crippen LogP contribution in [-0.2, 0) is 6.42 Å². The van der Waals surface area contributed by atoms with Crippen molar-refractivity contribution in [1.82, 2.24) is 14.7 Å². The van der Waals surface area contributed by atoms with Crippen molar-refractivity contribution in [3.8, 4) is 0 Å². The summed E-state index contributed by atoms with van der Waals surface area (Å²) in [6.45, 7) is 0.585. The zero-order chi connectivity index (χ0) is 13.9. The van der Waals surface area contributed by atoms with Gasteiger partial charge in [-0.05, 0) is 39.5 Å². The predicted molar refractivity (Wildman–Crippen MR) is 83.2 cm³/mol. The third-order valence-corrected chi connectivity index (χ3v) is 4.21. The van der Waals surface area contributed by atoms with Gasteiger partial charge in [0.2, 0.25) is 0 Å². The van der Waals surface area contributed by atoms with E-state index in [-0.39, 0.29) is 5.91 Å². The van der Waals surface area contributed by atoms with Crippen molar-refractivity contribution in [2.75, 3.05) is 6.54 Å². The van der Waals surface area contributed by atoms with Gasteiger partial charge in [0.1, 0.15) is 5.65 Å². The van der Waals surface area contributed by atoms with Crippen LogP contribution in [0.2, 0.25) is 0 Å². The van der Waals surface area contributed by atoms with Crippen molar-refractivity contribution in [2.24, 2.45) is 0 Å². The molecule has 0 aliphatic rings. The lowest BCUT2D eigenvalue weighted by Crippen LogP contribution is -2.24. The van der Waals surface area contributed by atoms with Crippen LogP contribution in [0, 0.1) is 0 Å². The van der Waals surface area contributed by atoms with E-state index in [0.717, 1.165) is 27.1 Å². The molecule has 1 amide bonds. The summed E-state index contributed by atoms with van der Waals surface area (Å²) >= 11 is 4.88. The number of nitrogens with zero attached hydrogens (tertiary/aromatic N) is 2. The van der Waals surface area contributed by atoms with Gasteiger partial charge < -0.3 is 9.72 Å². The number of hydrogen-bond donors (Lipinski definition) is 1. The fourth-order valence-electron chi connectivity index (χ4n) is 1.94. The molecule has 20 heavy (non-hydrogen) atoms. The summed E-state index contributed by atoms with van der Waals surface area (Å²) < 4.78 is 2.99. The molecule has 6 heteroatoms. The Balaban J connectivity index is 1.61. The number of nitrogens with one attached hydrogen (secondary N) is 1. The number of halogens is 1. The number of hydrogen-bond acceptors (Lipinski definition) is 3. The minimum Gasteiger partial charge on any atom is -0.351 e. The van der Waals surface area contributed by atoms with Crippen LogP contribution < -0.4 is 5.32 Å². The fourth-order valence-corrected chi connectivity index (χ4v) is 2.93. The van der Waals surface area contributed by atoms with Gasteiger partial charge in [-0.15, -0.1) is 11.3 Å². The topological polar surface area (TPSA) is 46.4 Å². The zero-order valence-corrected chi connectivity index (χ0v) is 12.9. The lowest BCUT2D eigenvalue weighted by atomic mass is 10.3. The van der Waals surface area contributed by atoms with E-state index in [0.29, 0.717) is 6.54 Å². The van der Waals surface area contributed by atoms with E-state index in [1.807, 2.05) is 46.4 Å². The SMILES string of the molecule is O=C(NCCc1cn2cc(Br)ccc2n1)c1cccs1. The van der Waals surface area contributed by atoms with Gasteiger partial charge in [-0.3, -0.25) is 4.79 Å². The Morgan fingerprint density at radius 1 is 1.35 bits per heavy atom. The Morgan fingerprint density at radius 3 is 3.05 bits per heavy atom. The van der Waals surface area contributed by atoms with E-state index in [1.165, 1.54) is 11.3 Å². The lowest BCUT2D eigenvalue weighted by molar-refractivity contribution is 0.0958. The summed E-state index contributed by atoms with van der Waals surface area (Å²) in [4.78, 5) is 17.0. The molecule has 0 aliphatic heterocycles. The average molecular weight is 350 g/mol. The van der Waals surface area contributed by atoms with Gasteiger partial charge >= 0.3 is 0 Å². The van der Waals surface area contributed by atoms with Crippen molar-refractivity contribution in [2.45, 2.75) is 6.42 Å². The highest BCUT2D eigenvalue weighted by Crippen LogP contribution is 2.12. The molecule has 0 saturated carbocycles. The third-order valence-electron chi connectivity index (χ3n) is 2.88. The van der Waals surface area contributed by atoms with Gasteiger partial charge in [0.25, 0.3) is 5.91 Å². The van der Waals surface area contributed by atoms with Crippen LogP contribution in [0.25, 0.3) is 5.65 Å². The van der Waals surface area contributed by atoms with E-state index >= 15 is 0 Å². The molecule has 0 saturated heterocycles. The summed E-state index contributed by atoms with van der Waals surface area (Å²) in [6.07, 6.45) is 4.67. The number of imidazole rings is 1. The molecule has 4 nitrogen and oxygen atoms in total. The smallest absolute Gasteiger partial charge is 0.261 e. The number of aromatic nitrogens is 2. The molecule has 0 aliphatic carbocycles. The average Bonchev–Trinajstić information content (AvgIpc) is 3.06. The highest BCUT2D eigenvalue weighted by Gasteiger charge is 2.06. The molecule has 102 valence electrons. The third kappa shape index (κ3) is 2.91. The monoisotopic (exact) mass is 349 g/mol. The van der Waals surface area contributed by atoms with Crippen LogP contribution in [0.15, 0.2) is 46.5 Å². The van der Waals surface area contributed by atoms with Gasteiger partial charge in [-0.2, -0.15) is 0 Å². The Labute approximate surface area is 128 Å². The highest BCUT2D eigenvalue weighted by atomic mass is 79.9. The van der Waals surface area contributed by atoms with Crippen LogP contribution in [0.5, 0.6) is 0 Å². The second-order valence-electron chi connectivity index (χ2n) is 4.33. The number of fused-ring (bicyclic) bond motifs is 1. The van der Waals surface area contributed by atoms with Crippen molar-refractivity contribution in [3.05, 3.63) is 57.1 Å². The summed E-state index contributed by atoms with van der Waals surface area (Å²) in [5.74, 6) is -0.0218. The zero-order valence-electron chi connectivity index (χ0n) is 10.5. The summed E-state index contributed by atoms with van der Waals surface area (Å²) in [7, 11) is 0. The maximum absolute atomic E-state index is 11.8. The standard InChI is InChI=1S/C14H12BrN3OS/c15-10-3-4-13-17-11(9-18(13)8-10)5-6-16-14(19)12-2-1-7-20-12/h1-4,7-9H,5-6H2,(H,16,19). The second kappa shape index (κ2) is 5.76. The van der Waals surface area contributed by atoms with Crippen LogP contribution in [-0.4, -0.2) is 21.8 Å². The molecule has 0 aromatic carbocycles. The minimum absolute atomic E-state index is 0.0218. The second-order valence-corrected chi connectivity index (χ2v) is 6.19. The number of rotatable bonds is 4. The Hall–Kier alpha value is -1.66. The van der Waals surface area contributed by atoms with Crippen molar-refractivity contribution in [3.63, 3.8) is 0 Å². The van der Waals surface area contributed by atoms with Crippen LogP contribution in [0.4, 0.5) is 0 Å². The fraction of sp³-hybridized carbons (Fsp3) is 0.143. The molecule has 3 aromatic heterocycles. The van der Waals surface area contributed by atoms with Crippen molar-refractivity contribution >= 4 is 38.8 Å². The molecular formula is C14H12BrN3OS. The highest BCUT2D eigenvalue weighted by molar-refractivity contribution is 9.10. The van der Waals surface area contributed by atoms with Gasteiger partial charge in [0.05, 0.1) is 10.6 Å². The first kappa shape index (κ1) is 13.3. The largest absolute Gasteiger partial charge is 0.351 e. The first-order valence-electron chi connectivity index (χ1n) is 6.17. The minimum atomic E-state index is -0.0218. The van der Waals surface area contributed by atoms with Gasteiger partial charge in [0, 0.05) is 29.8 Å². The number of thiophene rings is 1. The quantitative estimate of drug-likeness (QED) is 0.786. The Bertz CT molecular complexity index is 736. The van der Waals surface area contributed by atoms with Gasteiger partial charge in [-0.1, -0.05) is 6.07 Å². The van der Waals surface area contributed by atoms with Gasteiger partial charge in [0.15, 0.2) is 0 Å². The molecule has 0 atom stereocenters.